The maximum absolute atomic E-state index is 8.96. The minimum Gasteiger partial charge on any atom is -0.362 e. The molecule has 0 aliphatic heterocycles. The Labute approximate surface area is 124 Å². The van der Waals surface area contributed by atoms with Crippen LogP contribution in [-0.4, -0.2) is 4.98 Å². The van der Waals surface area contributed by atoms with Crippen LogP contribution in [0.2, 0.25) is 5.02 Å². The summed E-state index contributed by atoms with van der Waals surface area (Å²) in [6.45, 7) is 4.17. The van der Waals surface area contributed by atoms with Gasteiger partial charge in [-0.3, -0.25) is 0 Å². The SMILES string of the molecule is CCc1ccc(C(C)Nc2nccc(C#N)c2Cl)cc1. The monoisotopic (exact) mass is 285 g/mol. The molecular weight excluding hydrogens is 270 g/mol. The number of halogens is 1. The van der Waals surface area contributed by atoms with Gasteiger partial charge in [-0.25, -0.2) is 4.98 Å². The molecule has 102 valence electrons. The molecule has 0 fully saturated rings. The largest absolute Gasteiger partial charge is 0.362 e. The number of nitriles is 1. The summed E-state index contributed by atoms with van der Waals surface area (Å²) in [4.78, 5) is 4.19. The lowest BCUT2D eigenvalue weighted by atomic mass is 10.0. The van der Waals surface area contributed by atoms with E-state index in [0.717, 1.165) is 12.0 Å². The Bertz CT molecular complexity index is 629. The van der Waals surface area contributed by atoms with E-state index in [1.54, 1.807) is 12.3 Å². The van der Waals surface area contributed by atoms with Gasteiger partial charge in [0.15, 0.2) is 0 Å². The first-order chi connectivity index (χ1) is 9.65. The molecule has 0 bridgehead atoms. The van der Waals surface area contributed by atoms with Crippen molar-refractivity contribution in [2.75, 3.05) is 5.32 Å². The minimum absolute atomic E-state index is 0.0693. The Balaban J connectivity index is 2.19. The van der Waals surface area contributed by atoms with Gasteiger partial charge >= 0.3 is 0 Å². The van der Waals surface area contributed by atoms with Crippen LogP contribution >= 0.6 is 11.6 Å². The first-order valence-corrected chi connectivity index (χ1v) is 6.93. The van der Waals surface area contributed by atoms with Gasteiger partial charge in [-0.15, -0.1) is 0 Å². The zero-order chi connectivity index (χ0) is 14.5. The topological polar surface area (TPSA) is 48.7 Å². The van der Waals surface area contributed by atoms with Gasteiger partial charge in [0, 0.05) is 12.2 Å². The van der Waals surface area contributed by atoms with Gasteiger partial charge in [0.1, 0.15) is 16.9 Å². The molecule has 0 spiro atoms. The van der Waals surface area contributed by atoms with Crippen molar-refractivity contribution in [2.24, 2.45) is 0 Å². The first-order valence-electron chi connectivity index (χ1n) is 6.55. The summed E-state index contributed by atoms with van der Waals surface area (Å²) in [6, 6.07) is 12.2. The van der Waals surface area contributed by atoms with Gasteiger partial charge in [-0.1, -0.05) is 42.8 Å². The maximum Gasteiger partial charge on any atom is 0.146 e. The van der Waals surface area contributed by atoms with Gasteiger partial charge in [-0.05, 0) is 30.5 Å². The van der Waals surface area contributed by atoms with Gasteiger partial charge in [-0.2, -0.15) is 5.26 Å². The van der Waals surface area contributed by atoms with E-state index in [9.17, 15) is 0 Å². The fourth-order valence-corrected chi connectivity index (χ4v) is 2.17. The zero-order valence-corrected chi connectivity index (χ0v) is 12.3. The van der Waals surface area contributed by atoms with Crippen LogP contribution in [0.5, 0.6) is 0 Å². The van der Waals surface area contributed by atoms with Crippen molar-refractivity contribution in [3.05, 3.63) is 58.2 Å². The van der Waals surface area contributed by atoms with Crippen LogP contribution in [0, 0.1) is 11.3 Å². The highest BCUT2D eigenvalue weighted by atomic mass is 35.5. The summed E-state index contributed by atoms with van der Waals surface area (Å²) in [5.74, 6) is 0.540. The molecule has 20 heavy (non-hydrogen) atoms. The van der Waals surface area contributed by atoms with Crippen LogP contribution in [-0.2, 0) is 6.42 Å². The van der Waals surface area contributed by atoms with Crippen molar-refractivity contribution in [2.45, 2.75) is 26.3 Å². The molecule has 1 aromatic heterocycles. The molecule has 0 saturated carbocycles. The number of hydrogen-bond acceptors (Lipinski definition) is 3. The average Bonchev–Trinajstić information content (AvgIpc) is 2.49. The lowest BCUT2D eigenvalue weighted by Crippen LogP contribution is -2.08. The van der Waals surface area contributed by atoms with E-state index in [-0.39, 0.29) is 6.04 Å². The molecule has 1 atom stereocenters. The lowest BCUT2D eigenvalue weighted by Gasteiger charge is -2.16. The van der Waals surface area contributed by atoms with Gasteiger partial charge in [0.2, 0.25) is 0 Å². The Morgan fingerprint density at radius 1 is 1.30 bits per heavy atom. The Kier molecular flexibility index (Phi) is 4.60. The Hall–Kier alpha value is -2.05. The summed E-state index contributed by atoms with van der Waals surface area (Å²) in [5, 5.41) is 12.6. The second kappa shape index (κ2) is 6.40. The number of nitrogens with zero attached hydrogens (tertiary/aromatic N) is 2. The van der Waals surface area contributed by atoms with Crippen LogP contribution < -0.4 is 5.32 Å². The van der Waals surface area contributed by atoms with Crippen molar-refractivity contribution >= 4 is 17.4 Å². The van der Waals surface area contributed by atoms with Crippen LogP contribution in [0.25, 0.3) is 0 Å². The van der Waals surface area contributed by atoms with E-state index in [0.29, 0.717) is 16.4 Å². The van der Waals surface area contributed by atoms with E-state index in [2.05, 4.69) is 47.6 Å². The summed E-state index contributed by atoms with van der Waals surface area (Å²) in [5.41, 5.74) is 2.89. The molecule has 2 aromatic rings. The summed E-state index contributed by atoms with van der Waals surface area (Å²) >= 11 is 6.14. The van der Waals surface area contributed by atoms with E-state index < -0.39 is 0 Å². The normalized spacial score (nSPS) is 11.7. The van der Waals surface area contributed by atoms with E-state index in [1.807, 2.05) is 6.92 Å². The summed E-state index contributed by atoms with van der Waals surface area (Å²) < 4.78 is 0. The molecule has 0 aliphatic carbocycles. The number of anilines is 1. The zero-order valence-electron chi connectivity index (χ0n) is 11.5. The molecule has 3 nitrogen and oxygen atoms in total. The second-order valence-corrected chi connectivity index (χ2v) is 4.97. The maximum atomic E-state index is 8.96. The number of pyridine rings is 1. The number of aryl methyl sites for hydroxylation is 1. The van der Waals surface area contributed by atoms with Crippen molar-refractivity contribution in [1.29, 1.82) is 5.26 Å². The van der Waals surface area contributed by atoms with E-state index in [4.69, 9.17) is 16.9 Å². The third-order valence-electron chi connectivity index (χ3n) is 3.25. The molecule has 1 unspecified atom stereocenters. The van der Waals surface area contributed by atoms with Crippen LogP contribution in [0.4, 0.5) is 5.82 Å². The number of benzene rings is 1. The molecule has 1 aromatic carbocycles. The van der Waals surface area contributed by atoms with Crippen molar-refractivity contribution in [3.63, 3.8) is 0 Å². The highest BCUT2D eigenvalue weighted by molar-refractivity contribution is 6.34. The number of rotatable bonds is 4. The van der Waals surface area contributed by atoms with E-state index >= 15 is 0 Å². The lowest BCUT2D eigenvalue weighted by molar-refractivity contribution is 0.872. The first kappa shape index (κ1) is 14.4. The standard InChI is InChI=1S/C16H16ClN3/c1-3-12-4-6-13(7-5-12)11(2)20-16-15(17)14(10-18)8-9-19-16/h4-9,11H,3H2,1-2H3,(H,19,20). The fraction of sp³-hybridized carbons (Fsp3) is 0.250. The van der Waals surface area contributed by atoms with Crippen molar-refractivity contribution < 1.29 is 0 Å². The van der Waals surface area contributed by atoms with Crippen LogP contribution in [0.3, 0.4) is 0 Å². The van der Waals surface area contributed by atoms with Crippen LogP contribution in [0.1, 0.15) is 36.6 Å². The van der Waals surface area contributed by atoms with Crippen molar-refractivity contribution in [1.82, 2.24) is 4.98 Å². The van der Waals surface area contributed by atoms with E-state index in [1.165, 1.54) is 5.56 Å². The minimum atomic E-state index is 0.0693. The molecule has 1 N–H and O–H groups in total. The Morgan fingerprint density at radius 2 is 2.00 bits per heavy atom. The molecule has 4 heteroatoms. The molecule has 0 radical (unpaired) electrons. The van der Waals surface area contributed by atoms with Gasteiger partial charge in [0.05, 0.1) is 5.56 Å². The number of hydrogen-bond donors (Lipinski definition) is 1. The highest BCUT2D eigenvalue weighted by Crippen LogP contribution is 2.26. The molecule has 2 rings (SSSR count). The third-order valence-corrected chi connectivity index (χ3v) is 3.63. The third kappa shape index (κ3) is 3.09. The number of aromatic nitrogens is 1. The molecule has 0 aliphatic rings. The highest BCUT2D eigenvalue weighted by Gasteiger charge is 2.11. The van der Waals surface area contributed by atoms with Gasteiger partial charge < -0.3 is 5.32 Å². The number of nitrogens with one attached hydrogen (secondary N) is 1. The summed E-state index contributed by atoms with van der Waals surface area (Å²) in [6.07, 6.45) is 2.61. The molecule has 0 amide bonds. The predicted molar refractivity (Wildman–Crippen MR) is 81.8 cm³/mol. The molecular formula is C16H16ClN3. The molecule has 0 saturated heterocycles. The second-order valence-electron chi connectivity index (χ2n) is 4.59. The Morgan fingerprint density at radius 3 is 2.60 bits per heavy atom. The van der Waals surface area contributed by atoms with Crippen LogP contribution in [0.15, 0.2) is 36.5 Å². The fourth-order valence-electron chi connectivity index (χ4n) is 1.96. The predicted octanol–water partition coefficient (Wildman–Crippen LogP) is 4.34. The quantitative estimate of drug-likeness (QED) is 0.909. The summed E-state index contributed by atoms with van der Waals surface area (Å²) in [7, 11) is 0. The molecule has 1 heterocycles. The smallest absolute Gasteiger partial charge is 0.146 e. The van der Waals surface area contributed by atoms with Crippen molar-refractivity contribution in [3.8, 4) is 6.07 Å². The average molecular weight is 286 g/mol. The van der Waals surface area contributed by atoms with Gasteiger partial charge in [0.25, 0.3) is 0 Å².